The SMILES string of the molecule is Cc1ccc(/[C](c2ccccc2)=[Zr+2](\[C]2=CC(C(C)(C)C)=CC2C)[c]2cccc3c2Cc2ccccc2-3)cc1.[Cl-].[Cl-]. The average Bonchev–Trinajstić information content (AvgIpc) is 3.49. The normalized spacial score (nSPS) is 15.6. The molecule has 3 heteroatoms. The van der Waals surface area contributed by atoms with Crippen molar-refractivity contribution < 1.29 is 46.1 Å². The Kier molecular flexibility index (Phi) is 9.41. The molecule has 40 heavy (non-hydrogen) atoms. The largest absolute Gasteiger partial charge is 1.00 e. The van der Waals surface area contributed by atoms with Gasteiger partial charge in [0, 0.05) is 0 Å². The number of fused-ring (bicyclic) bond motifs is 3. The third-order valence-corrected chi connectivity index (χ3v) is 16.2. The minimum atomic E-state index is -2.68. The summed E-state index contributed by atoms with van der Waals surface area (Å²) in [5.41, 5.74) is 11.6. The Morgan fingerprint density at radius 3 is 2.02 bits per heavy atom. The van der Waals surface area contributed by atoms with Gasteiger partial charge < -0.3 is 24.8 Å². The zero-order valence-electron chi connectivity index (χ0n) is 23.9. The summed E-state index contributed by atoms with van der Waals surface area (Å²) < 4.78 is 4.93. The van der Waals surface area contributed by atoms with Crippen LogP contribution in [0.5, 0.6) is 0 Å². The minimum absolute atomic E-state index is 0. The molecule has 2 aliphatic carbocycles. The molecule has 0 N–H and O–H groups in total. The molecular formula is C37H36Cl2Zr. The van der Waals surface area contributed by atoms with E-state index < -0.39 is 21.3 Å². The molecule has 0 radical (unpaired) electrons. The Hall–Kier alpha value is -2.31. The predicted octanol–water partition coefficient (Wildman–Crippen LogP) is 2.59. The molecule has 0 aromatic heterocycles. The number of rotatable bonds is 4. The topological polar surface area (TPSA) is 0 Å². The van der Waals surface area contributed by atoms with Gasteiger partial charge in [-0.2, -0.15) is 0 Å². The number of allylic oxidation sites excluding steroid dienone is 4. The zero-order chi connectivity index (χ0) is 26.4. The van der Waals surface area contributed by atoms with Gasteiger partial charge in [-0.1, -0.05) is 0 Å². The van der Waals surface area contributed by atoms with Crippen molar-refractivity contribution in [2.24, 2.45) is 11.3 Å². The smallest absolute Gasteiger partial charge is 1.00 e. The van der Waals surface area contributed by atoms with Crippen LogP contribution >= 0.6 is 0 Å². The Bertz CT molecular complexity index is 1620. The Morgan fingerprint density at radius 2 is 1.35 bits per heavy atom. The van der Waals surface area contributed by atoms with Crippen LogP contribution in [0.2, 0.25) is 0 Å². The Morgan fingerprint density at radius 1 is 0.725 bits per heavy atom. The van der Waals surface area contributed by atoms with Crippen LogP contribution < -0.4 is 28.1 Å². The third-order valence-electron chi connectivity index (χ3n) is 8.16. The van der Waals surface area contributed by atoms with E-state index in [1.807, 2.05) is 0 Å². The molecule has 0 saturated heterocycles. The van der Waals surface area contributed by atoms with Gasteiger partial charge in [0.05, 0.1) is 0 Å². The molecule has 6 rings (SSSR count). The molecule has 0 nitrogen and oxygen atoms in total. The number of hydrogen-bond acceptors (Lipinski definition) is 0. The molecule has 0 spiro atoms. The minimum Gasteiger partial charge on any atom is -1.00 e. The molecule has 202 valence electrons. The fourth-order valence-electron chi connectivity index (χ4n) is 6.08. The summed E-state index contributed by atoms with van der Waals surface area (Å²) in [6, 6.07) is 36.7. The molecule has 0 bridgehead atoms. The van der Waals surface area contributed by atoms with E-state index in [4.69, 9.17) is 0 Å². The van der Waals surface area contributed by atoms with Crippen molar-refractivity contribution in [2.45, 2.75) is 41.0 Å². The maximum atomic E-state index is 2.61. The first-order chi connectivity index (χ1) is 18.3. The molecule has 1 atom stereocenters. The summed E-state index contributed by atoms with van der Waals surface area (Å²) in [6.45, 7) is 11.7. The average molecular weight is 643 g/mol. The fourth-order valence-corrected chi connectivity index (χ4v) is 14.5. The number of halogens is 2. The summed E-state index contributed by atoms with van der Waals surface area (Å²) >= 11 is -2.68. The van der Waals surface area contributed by atoms with Crippen LogP contribution in [0.1, 0.15) is 55.5 Å². The standard InChI is InChI=1S/C14H12.C13H9.C10H15.2ClH.Zr/c1-12-7-9-14(10-8-12)11-13-5-3-2-4-6-13;1-3-7-12-10(5-1)9-11-6-2-4-8-13(11)12;1-8-5-6-9(7-8)10(2,3)4;;;/h2-10H,1H3;1-5,7-8H,9H2;6-8H,1-4H3;2*1H;/q;;;;;+2/p-2. The van der Waals surface area contributed by atoms with Crippen molar-refractivity contribution in [1.82, 2.24) is 0 Å². The molecule has 0 fully saturated rings. The summed E-state index contributed by atoms with van der Waals surface area (Å²) in [7, 11) is 0. The van der Waals surface area contributed by atoms with Gasteiger partial charge in [0.2, 0.25) is 0 Å². The summed E-state index contributed by atoms with van der Waals surface area (Å²) in [6.07, 6.45) is 6.20. The summed E-state index contributed by atoms with van der Waals surface area (Å²) in [5.74, 6) is 0.461. The summed E-state index contributed by atoms with van der Waals surface area (Å²) in [5, 5.41) is 0. The number of benzene rings is 4. The van der Waals surface area contributed by atoms with Crippen molar-refractivity contribution in [3.8, 4) is 11.1 Å². The predicted molar refractivity (Wildman–Crippen MR) is 160 cm³/mol. The quantitative estimate of drug-likeness (QED) is 0.283. The first-order valence-electron chi connectivity index (χ1n) is 13.8. The van der Waals surface area contributed by atoms with Crippen LogP contribution in [0.25, 0.3) is 11.1 Å². The van der Waals surface area contributed by atoms with Gasteiger partial charge in [0.15, 0.2) is 0 Å². The molecule has 1 unspecified atom stereocenters. The van der Waals surface area contributed by atoms with Crippen LogP contribution in [0, 0.1) is 18.3 Å². The van der Waals surface area contributed by atoms with E-state index in [9.17, 15) is 0 Å². The van der Waals surface area contributed by atoms with E-state index in [-0.39, 0.29) is 30.2 Å². The first-order valence-corrected chi connectivity index (χ1v) is 17.5. The van der Waals surface area contributed by atoms with Crippen molar-refractivity contribution in [3.63, 3.8) is 0 Å². The Labute approximate surface area is 260 Å². The van der Waals surface area contributed by atoms with Gasteiger partial charge in [-0.25, -0.2) is 0 Å². The molecular weight excluding hydrogens is 607 g/mol. The van der Waals surface area contributed by atoms with Crippen molar-refractivity contribution in [1.29, 1.82) is 0 Å². The van der Waals surface area contributed by atoms with E-state index in [1.165, 1.54) is 39.0 Å². The van der Waals surface area contributed by atoms with Crippen molar-refractivity contribution in [3.05, 3.63) is 146 Å². The van der Waals surface area contributed by atoms with Gasteiger partial charge in [-0.15, -0.1) is 0 Å². The van der Waals surface area contributed by atoms with Crippen LogP contribution in [0.3, 0.4) is 0 Å². The van der Waals surface area contributed by atoms with Gasteiger partial charge in [-0.05, 0) is 0 Å². The summed E-state index contributed by atoms with van der Waals surface area (Å²) in [4.78, 5) is 0. The molecule has 4 aromatic rings. The van der Waals surface area contributed by atoms with E-state index in [0.29, 0.717) is 5.92 Å². The molecule has 0 amide bonds. The molecule has 0 heterocycles. The molecule has 0 saturated carbocycles. The van der Waals surface area contributed by atoms with Crippen molar-refractivity contribution >= 4 is 6.48 Å². The first kappa shape index (κ1) is 30.6. The van der Waals surface area contributed by atoms with E-state index in [0.717, 1.165) is 6.42 Å². The second-order valence-electron chi connectivity index (χ2n) is 11.9. The van der Waals surface area contributed by atoms with Gasteiger partial charge in [0.1, 0.15) is 0 Å². The van der Waals surface area contributed by atoms with E-state index in [2.05, 4.69) is 144 Å². The van der Waals surface area contributed by atoms with Gasteiger partial charge in [-0.3, -0.25) is 0 Å². The number of hydrogen-bond donors (Lipinski definition) is 0. The van der Waals surface area contributed by atoms with E-state index in [1.54, 1.807) is 15.3 Å². The second-order valence-corrected chi connectivity index (χ2v) is 17.7. The van der Waals surface area contributed by atoms with Crippen LogP contribution in [0.15, 0.2) is 118 Å². The van der Waals surface area contributed by atoms with Crippen LogP contribution in [-0.4, -0.2) is 3.21 Å². The second kappa shape index (κ2) is 12.3. The molecule has 0 aliphatic heterocycles. The Balaban J connectivity index is 0.00000185. The van der Waals surface area contributed by atoms with Gasteiger partial charge >= 0.3 is 237 Å². The monoisotopic (exact) mass is 640 g/mol. The van der Waals surface area contributed by atoms with Crippen LogP contribution in [0.4, 0.5) is 0 Å². The van der Waals surface area contributed by atoms with Crippen molar-refractivity contribution in [2.75, 3.05) is 0 Å². The molecule has 2 aliphatic rings. The third kappa shape index (κ3) is 5.72. The number of aryl methyl sites for hydroxylation is 1. The zero-order valence-corrected chi connectivity index (χ0v) is 27.9. The van der Waals surface area contributed by atoms with E-state index >= 15 is 0 Å². The maximum absolute atomic E-state index is 2.68. The van der Waals surface area contributed by atoms with Crippen LogP contribution in [-0.2, 0) is 27.7 Å². The van der Waals surface area contributed by atoms with Gasteiger partial charge in [0.25, 0.3) is 0 Å². The maximum Gasteiger partial charge on any atom is -1.00 e. The fraction of sp³-hybridized carbons (Fsp3) is 0.216. The molecule has 4 aromatic carbocycles.